The number of nitrogens with zero attached hydrogens (tertiary/aromatic N) is 1. The van der Waals surface area contributed by atoms with Gasteiger partial charge in [-0.15, -0.1) is 0 Å². The molecule has 0 radical (unpaired) electrons. The molecule has 1 amide bonds. The van der Waals surface area contributed by atoms with Gasteiger partial charge in [0.1, 0.15) is 11.7 Å². The molecule has 10 nitrogen and oxygen atoms in total. The molecular formula is C30H41N3O7. The van der Waals surface area contributed by atoms with Crippen LogP contribution in [0.1, 0.15) is 51.7 Å². The van der Waals surface area contributed by atoms with Gasteiger partial charge in [0.25, 0.3) is 0 Å². The minimum Gasteiger partial charge on any atom is -0.481 e. The smallest absolute Gasteiger partial charge is 0.307 e. The first-order valence-corrected chi connectivity index (χ1v) is 13.8. The van der Waals surface area contributed by atoms with E-state index in [1.807, 2.05) is 88.4 Å². The Morgan fingerprint density at radius 3 is 2.00 bits per heavy atom. The quantitative estimate of drug-likeness (QED) is 0.160. The van der Waals surface area contributed by atoms with Crippen molar-refractivity contribution >= 4 is 12.4 Å². The van der Waals surface area contributed by atoms with Gasteiger partial charge in [-0.05, 0) is 23.0 Å². The Hall–Kier alpha value is -3.34. The van der Waals surface area contributed by atoms with Crippen molar-refractivity contribution in [3.05, 3.63) is 81.9 Å². The number of hydrogen-bond acceptors (Lipinski definition) is 7. The van der Waals surface area contributed by atoms with Crippen LogP contribution in [0.3, 0.4) is 0 Å². The van der Waals surface area contributed by atoms with E-state index >= 15 is 0 Å². The van der Waals surface area contributed by atoms with Crippen LogP contribution < -0.4 is 10.6 Å². The molecule has 1 heterocycles. The van der Waals surface area contributed by atoms with E-state index in [1.54, 1.807) is 0 Å². The summed E-state index contributed by atoms with van der Waals surface area (Å²) in [6.07, 6.45) is -0.932. The number of carboxylic acids is 1. The lowest BCUT2D eigenvalue weighted by atomic mass is 9.76. The van der Waals surface area contributed by atoms with Crippen molar-refractivity contribution < 1.29 is 29.1 Å². The van der Waals surface area contributed by atoms with Gasteiger partial charge < -0.3 is 19.9 Å². The highest BCUT2D eigenvalue weighted by Crippen LogP contribution is 2.42. The van der Waals surface area contributed by atoms with Crippen molar-refractivity contribution in [3.8, 4) is 0 Å². The van der Waals surface area contributed by atoms with E-state index in [9.17, 15) is 24.8 Å². The van der Waals surface area contributed by atoms with Gasteiger partial charge in [0.15, 0.2) is 0 Å². The highest BCUT2D eigenvalue weighted by molar-refractivity contribution is 5.69. The highest BCUT2D eigenvalue weighted by Gasteiger charge is 2.65. The summed E-state index contributed by atoms with van der Waals surface area (Å²) in [5.41, 5.74) is 0.158. The van der Waals surface area contributed by atoms with Gasteiger partial charge in [0.05, 0.1) is 37.8 Å². The first-order chi connectivity index (χ1) is 19.1. The van der Waals surface area contributed by atoms with E-state index < -0.39 is 48.3 Å². The summed E-state index contributed by atoms with van der Waals surface area (Å²) in [5.74, 6) is -2.55. The molecule has 1 aliphatic heterocycles. The number of aliphatic carboxylic acids is 1. The zero-order valence-electron chi connectivity index (χ0n) is 23.6. The van der Waals surface area contributed by atoms with Gasteiger partial charge in [-0.3, -0.25) is 25.0 Å². The molecule has 1 saturated heterocycles. The lowest BCUT2D eigenvalue weighted by Gasteiger charge is -2.40. The maximum Gasteiger partial charge on any atom is 0.307 e. The lowest BCUT2D eigenvalue weighted by Crippen LogP contribution is -2.63. The molecule has 3 rings (SSSR count). The van der Waals surface area contributed by atoms with Crippen LogP contribution in [0.5, 0.6) is 0 Å². The van der Waals surface area contributed by atoms with E-state index in [2.05, 4.69) is 10.6 Å². The van der Waals surface area contributed by atoms with Crippen molar-refractivity contribution in [2.45, 2.75) is 83.7 Å². The molecule has 0 bridgehead atoms. The molecule has 0 aromatic heterocycles. The second-order valence-electron chi connectivity index (χ2n) is 10.9. The Labute approximate surface area is 235 Å². The van der Waals surface area contributed by atoms with Crippen LogP contribution in [0.2, 0.25) is 0 Å². The molecule has 0 aliphatic carbocycles. The Kier molecular flexibility index (Phi) is 11.2. The summed E-state index contributed by atoms with van der Waals surface area (Å²) < 4.78 is 12.7. The number of carbonyl (C=O) groups excluding carboxylic acids is 1. The number of nitrogens with one attached hydrogen (secondary N) is 2. The number of benzene rings is 2. The van der Waals surface area contributed by atoms with Crippen LogP contribution in [0.25, 0.3) is 0 Å². The number of carboxylic acid groups (broad SMARTS) is 1. The molecule has 218 valence electrons. The number of hydrogen-bond donors (Lipinski definition) is 3. The molecule has 7 atom stereocenters. The molecule has 2 aromatic rings. The zero-order chi connectivity index (χ0) is 29.3. The monoisotopic (exact) mass is 555 g/mol. The van der Waals surface area contributed by atoms with Crippen LogP contribution in [-0.4, -0.2) is 52.4 Å². The first kappa shape index (κ1) is 31.2. The van der Waals surface area contributed by atoms with Crippen LogP contribution in [-0.2, 0) is 32.3 Å². The molecule has 3 N–H and O–H groups in total. The Bertz CT molecular complexity index is 1100. The summed E-state index contributed by atoms with van der Waals surface area (Å²) in [4.78, 5) is 36.6. The van der Waals surface area contributed by atoms with Gasteiger partial charge in [-0.25, -0.2) is 0 Å². The minimum absolute atomic E-state index is 0.159. The molecule has 0 spiro atoms. The third kappa shape index (κ3) is 7.44. The van der Waals surface area contributed by atoms with E-state index in [0.29, 0.717) is 12.8 Å². The molecule has 0 unspecified atom stereocenters. The molecule has 2 aromatic carbocycles. The largest absolute Gasteiger partial charge is 0.481 e. The average molecular weight is 556 g/mol. The maximum atomic E-state index is 12.9. The summed E-state index contributed by atoms with van der Waals surface area (Å²) in [6.45, 7) is 8.11. The zero-order valence-corrected chi connectivity index (χ0v) is 23.6. The second kappa shape index (κ2) is 14.3. The fourth-order valence-corrected chi connectivity index (χ4v) is 5.81. The van der Waals surface area contributed by atoms with Crippen molar-refractivity contribution in [2.75, 3.05) is 0 Å². The van der Waals surface area contributed by atoms with Crippen molar-refractivity contribution in [1.29, 1.82) is 0 Å². The van der Waals surface area contributed by atoms with E-state index in [-0.39, 0.29) is 30.0 Å². The van der Waals surface area contributed by atoms with Crippen LogP contribution in [0, 0.1) is 27.9 Å². The SMILES string of the molecule is CC[C@H](C)[C@H](OCc1ccccc1)[C@@H]1[C@H]([N+](=O)[O-])[C@@H]([C@@H](OCc2ccccc2)C(C)C)N[C@@]1(CC(=O)O)NC=O. The predicted octanol–water partition coefficient (Wildman–Crippen LogP) is 4.01. The topological polar surface area (TPSA) is 140 Å². The van der Waals surface area contributed by atoms with Gasteiger partial charge in [-0.2, -0.15) is 0 Å². The fourth-order valence-electron chi connectivity index (χ4n) is 5.81. The number of ether oxygens (including phenoxy) is 2. The van der Waals surface area contributed by atoms with E-state index in [0.717, 1.165) is 11.1 Å². The Morgan fingerprint density at radius 2 is 1.57 bits per heavy atom. The normalized spacial score (nSPS) is 24.8. The number of carbonyl (C=O) groups is 2. The third-order valence-electron chi connectivity index (χ3n) is 7.86. The Morgan fingerprint density at radius 1 is 1.05 bits per heavy atom. The summed E-state index contributed by atoms with van der Waals surface area (Å²) in [7, 11) is 0. The molecular weight excluding hydrogens is 514 g/mol. The van der Waals surface area contributed by atoms with Gasteiger partial charge in [0, 0.05) is 4.92 Å². The van der Waals surface area contributed by atoms with Crippen molar-refractivity contribution in [1.82, 2.24) is 10.6 Å². The Balaban J connectivity index is 2.08. The van der Waals surface area contributed by atoms with E-state index in [4.69, 9.17) is 9.47 Å². The molecule has 10 heteroatoms. The lowest BCUT2D eigenvalue weighted by molar-refractivity contribution is -0.537. The summed E-state index contributed by atoms with van der Waals surface area (Å²) >= 11 is 0. The summed E-state index contributed by atoms with van der Waals surface area (Å²) in [6, 6.07) is 16.7. The molecule has 1 aliphatic rings. The van der Waals surface area contributed by atoms with Gasteiger partial charge in [-0.1, -0.05) is 94.8 Å². The molecule has 0 saturated carbocycles. The fraction of sp³-hybridized carbons (Fsp3) is 0.533. The predicted molar refractivity (Wildman–Crippen MR) is 150 cm³/mol. The highest BCUT2D eigenvalue weighted by atomic mass is 16.6. The number of amides is 1. The van der Waals surface area contributed by atoms with Crippen molar-refractivity contribution in [2.24, 2.45) is 17.8 Å². The third-order valence-corrected chi connectivity index (χ3v) is 7.86. The first-order valence-electron chi connectivity index (χ1n) is 13.8. The minimum atomic E-state index is -1.63. The second-order valence-corrected chi connectivity index (χ2v) is 10.9. The summed E-state index contributed by atoms with van der Waals surface area (Å²) in [5, 5.41) is 28.7. The van der Waals surface area contributed by atoms with Crippen LogP contribution in [0.15, 0.2) is 60.7 Å². The van der Waals surface area contributed by atoms with Crippen molar-refractivity contribution in [3.63, 3.8) is 0 Å². The van der Waals surface area contributed by atoms with Crippen LogP contribution in [0.4, 0.5) is 0 Å². The van der Waals surface area contributed by atoms with Gasteiger partial charge in [0.2, 0.25) is 12.5 Å². The number of rotatable bonds is 16. The van der Waals surface area contributed by atoms with E-state index in [1.165, 1.54) is 0 Å². The average Bonchev–Trinajstić information content (AvgIpc) is 3.23. The standard InChI is InChI=1S/C30H41N3O7/c1-5-21(4)29(40-18-23-14-10-7-11-15-23)25-27(33(37)38)26(32-30(25,31-19-34)16-24(35)36)28(20(2)3)39-17-22-12-8-6-9-13-22/h6-15,19-21,25-29,32H,5,16-18H2,1-4H3,(H,31,34)(H,35,36)/t21-,25-,26-,27-,28-,29-,30+/m0/s1. The molecule has 1 fully saturated rings. The maximum absolute atomic E-state index is 12.9. The number of nitro groups is 1. The van der Waals surface area contributed by atoms with Gasteiger partial charge >= 0.3 is 5.97 Å². The van der Waals surface area contributed by atoms with Crippen LogP contribution >= 0.6 is 0 Å². The molecule has 40 heavy (non-hydrogen) atoms.